The molecule has 5 nitrogen and oxygen atoms in total. The van der Waals surface area contributed by atoms with Gasteiger partial charge < -0.3 is 14.8 Å². The molecule has 1 heterocycles. The molecule has 10 atom stereocenters. The highest BCUT2D eigenvalue weighted by molar-refractivity contribution is 14.1. The molecule has 1 N–H and O–H groups in total. The maximum Gasteiger partial charge on any atom is 0.302 e. The molecule has 0 aromatic rings. The van der Waals surface area contributed by atoms with Crippen molar-refractivity contribution in [2.24, 2.45) is 40.4 Å². The molecule has 206 valence electrons. The van der Waals surface area contributed by atoms with Crippen LogP contribution in [0, 0.1) is 40.4 Å². The van der Waals surface area contributed by atoms with E-state index in [9.17, 15) is 9.59 Å². The van der Waals surface area contributed by atoms with Crippen molar-refractivity contribution < 1.29 is 19.1 Å². The first-order valence-electron chi connectivity index (χ1n) is 14.6. The topological polar surface area (TPSA) is 64.6 Å². The zero-order chi connectivity index (χ0) is 26.7. The molecule has 5 aliphatic rings. The summed E-state index contributed by atoms with van der Waals surface area (Å²) in [5, 5.41) is 2.96. The summed E-state index contributed by atoms with van der Waals surface area (Å²) in [5.41, 5.74) is 3.52. The van der Waals surface area contributed by atoms with E-state index in [0.717, 1.165) is 43.4 Å². The molecule has 10 unspecified atom stereocenters. The van der Waals surface area contributed by atoms with Crippen LogP contribution in [0.5, 0.6) is 0 Å². The van der Waals surface area contributed by atoms with Crippen LogP contribution in [-0.4, -0.2) is 34.6 Å². The van der Waals surface area contributed by atoms with Crippen LogP contribution in [0.15, 0.2) is 23.0 Å². The normalized spacial score (nSPS) is 44.3. The summed E-state index contributed by atoms with van der Waals surface area (Å²) in [6.07, 6.45) is 12.0. The van der Waals surface area contributed by atoms with Crippen molar-refractivity contribution in [3.05, 3.63) is 23.0 Å². The molecule has 3 saturated carbocycles. The SMILES string of the molecule is CC(=O)NCC(I)CC(C)=C1OC2CC3C4CC=C5CC(OC(C)=O)CCC5(C)C4CCC3(C)C2C1C. The van der Waals surface area contributed by atoms with Gasteiger partial charge in [0.05, 0.1) is 5.76 Å². The van der Waals surface area contributed by atoms with Gasteiger partial charge in [-0.25, -0.2) is 0 Å². The number of rotatable bonds is 5. The molecule has 0 radical (unpaired) electrons. The fourth-order valence-corrected chi connectivity index (χ4v) is 10.6. The summed E-state index contributed by atoms with van der Waals surface area (Å²) < 4.78 is 12.8. The number of hydrogen-bond donors (Lipinski definition) is 1. The lowest BCUT2D eigenvalue weighted by Crippen LogP contribution is -2.51. The van der Waals surface area contributed by atoms with Gasteiger partial charge in [0, 0.05) is 42.6 Å². The Morgan fingerprint density at radius 2 is 1.95 bits per heavy atom. The molecular formula is C31H46INO4. The van der Waals surface area contributed by atoms with E-state index in [2.05, 4.69) is 61.7 Å². The number of fused-ring (bicyclic) bond motifs is 7. The quantitative estimate of drug-likeness (QED) is 0.159. The van der Waals surface area contributed by atoms with E-state index in [-0.39, 0.29) is 23.4 Å². The predicted molar refractivity (Wildman–Crippen MR) is 154 cm³/mol. The number of alkyl halides is 1. The molecule has 0 spiro atoms. The summed E-state index contributed by atoms with van der Waals surface area (Å²) in [6, 6.07) is 0. The van der Waals surface area contributed by atoms with Crippen LogP contribution in [0.2, 0.25) is 0 Å². The minimum absolute atomic E-state index is 0.0394. The highest BCUT2D eigenvalue weighted by Crippen LogP contribution is 2.69. The van der Waals surface area contributed by atoms with E-state index in [1.54, 1.807) is 12.5 Å². The number of amides is 1. The third kappa shape index (κ3) is 4.80. The van der Waals surface area contributed by atoms with E-state index in [0.29, 0.717) is 33.8 Å². The maximum absolute atomic E-state index is 11.6. The first-order chi connectivity index (χ1) is 17.4. The third-order valence-electron chi connectivity index (χ3n) is 11.2. The number of ether oxygens (including phenoxy) is 2. The first-order valence-corrected chi connectivity index (χ1v) is 15.8. The summed E-state index contributed by atoms with van der Waals surface area (Å²) >= 11 is 2.46. The fraction of sp³-hybridized carbons (Fsp3) is 0.806. The van der Waals surface area contributed by atoms with Gasteiger partial charge in [-0.05, 0) is 86.0 Å². The fourth-order valence-electron chi connectivity index (χ4n) is 9.69. The molecule has 6 heteroatoms. The average Bonchev–Trinajstić information content (AvgIpc) is 3.31. The van der Waals surface area contributed by atoms with Crippen molar-refractivity contribution in [3.63, 3.8) is 0 Å². The van der Waals surface area contributed by atoms with Crippen molar-refractivity contribution in [3.8, 4) is 0 Å². The van der Waals surface area contributed by atoms with Gasteiger partial charge in [-0.2, -0.15) is 0 Å². The van der Waals surface area contributed by atoms with Crippen molar-refractivity contribution in [2.45, 2.75) is 109 Å². The maximum atomic E-state index is 11.6. The number of hydrogen-bond acceptors (Lipinski definition) is 4. The van der Waals surface area contributed by atoms with Gasteiger partial charge in [-0.15, -0.1) is 0 Å². The van der Waals surface area contributed by atoms with Crippen molar-refractivity contribution >= 4 is 34.5 Å². The van der Waals surface area contributed by atoms with Gasteiger partial charge in [0.25, 0.3) is 0 Å². The van der Waals surface area contributed by atoms with Crippen LogP contribution in [-0.2, 0) is 19.1 Å². The van der Waals surface area contributed by atoms with Crippen LogP contribution in [0.3, 0.4) is 0 Å². The number of nitrogens with one attached hydrogen (secondary N) is 1. The minimum atomic E-state index is -0.145. The van der Waals surface area contributed by atoms with E-state index < -0.39 is 0 Å². The van der Waals surface area contributed by atoms with Crippen LogP contribution in [0.25, 0.3) is 0 Å². The van der Waals surface area contributed by atoms with Crippen molar-refractivity contribution in [2.75, 3.05) is 6.54 Å². The van der Waals surface area contributed by atoms with Crippen LogP contribution in [0.1, 0.15) is 92.9 Å². The molecule has 1 saturated heterocycles. The van der Waals surface area contributed by atoms with Gasteiger partial charge in [0.1, 0.15) is 12.2 Å². The predicted octanol–water partition coefficient (Wildman–Crippen LogP) is 6.75. The largest absolute Gasteiger partial charge is 0.494 e. The van der Waals surface area contributed by atoms with Crippen LogP contribution >= 0.6 is 22.6 Å². The molecule has 0 aromatic heterocycles. The lowest BCUT2D eigenvalue weighted by Gasteiger charge is -2.58. The van der Waals surface area contributed by atoms with Gasteiger partial charge in [0.2, 0.25) is 5.91 Å². The van der Waals surface area contributed by atoms with Crippen molar-refractivity contribution in [1.82, 2.24) is 5.32 Å². The standard InChI is InChI=1S/C31H46INO4/c1-17(13-22(32)16-33-19(3)34)29-18(2)28-27(37-29)15-26-24-8-7-21-14-23(36-20(4)35)9-11-30(21,5)25(24)10-12-31(26,28)6/h7,18,22-28H,8-16H2,1-6H3,(H,33,34). The average molecular weight is 624 g/mol. The summed E-state index contributed by atoms with van der Waals surface area (Å²) in [4.78, 5) is 22.9. The molecule has 4 aliphatic carbocycles. The molecule has 4 fully saturated rings. The van der Waals surface area contributed by atoms with E-state index >= 15 is 0 Å². The Bertz CT molecular complexity index is 1010. The number of carbonyl (C=O) groups excluding carboxylic acids is 2. The number of halogens is 1. The van der Waals surface area contributed by atoms with Crippen molar-refractivity contribution in [1.29, 1.82) is 0 Å². The summed E-state index contributed by atoms with van der Waals surface area (Å²) in [6.45, 7) is 13.6. The molecule has 0 bridgehead atoms. The molecular weight excluding hydrogens is 577 g/mol. The monoisotopic (exact) mass is 623 g/mol. The Morgan fingerprint density at radius 1 is 1.19 bits per heavy atom. The zero-order valence-corrected chi connectivity index (χ0v) is 25.7. The molecule has 5 rings (SSSR count). The van der Waals surface area contributed by atoms with E-state index in [4.69, 9.17) is 9.47 Å². The number of allylic oxidation sites excluding steroid dienone is 3. The second-order valence-corrected chi connectivity index (χ2v) is 15.1. The highest BCUT2D eigenvalue weighted by Gasteiger charge is 2.65. The minimum Gasteiger partial charge on any atom is -0.494 e. The lowest BCUT2D eigenvalue weighted by molar-refractivity contribution is -0.148. The summed E-state index contributed by atoms with van der Waals surface area (Å²) in [7, 11) is 0. The highest BCUT2D eigenvalue weighted by atomic mass is 127. The Kier molecular flexibility index (Phi) is 7.56. The Balaban J connectivity index is 1.31. The van der Waals surface area contributed by atoms with Crippen LogP contribution in [0.4, 0.5) is 0 Å². The smallest absolute Gasteiger partial charge is 0.302 e. The second kappa shape index (κ2) is 10.2. The van der Waals surface area contributed by atoms with Gasteiger partial charge in [0.15, 0.2) is 0 Å². The molecule has 37 heavy (non-hydrogen) atoms. The van der Waals surface area contributed by atoms with Gasteiger partial charge in [-0.1, -0.05) is 55.0 Å². The number of carbonyl (C=O) groups is 2. The van der Waals surface area contributed by atoms with Gasteiger partial charge in [-0.3, -0.25) is 9.59 Å². The molecule has 1 aliphatic heterocycles. The number of esters is 1. The third-order valence-corrected chi connectivity index (χ3v) is 12.1. The Morgan fingerprint density at radius 3 is 2.65 bits per heavy atom. The second-order valence-electron chi connectivity index (χ2n) is 13.4. The zero-order valence-electron chi connectivity index (χ0n) is 23.6. The molecule has 0 aromatic carbocycles. The van der Waals surface area contributed by atoms with Crippen LogP contribution < -0.4 is 5.32 Å². The van der Waals surface area contributed by atoms with E-state index in [1.807, 2.05) is 0 Å². The molecule has 1 amide bonds. The van der Waals surface area contributed by atoms with Gasteiger partial charge >= 0.3 is 5.97 Å². The summed E-state index contributed by atoms with van der Waals surface area (Å²) in [5.74, 6) is 4.40. The Hall–Kier alpha value is -1.05. The lowest BCUT2D eigenvalue weighted by atomic mass is 9.47. The van der Waals surface area contributed by atoms with E-state index in [1.165, 1.54) is 43.9 Å². The first kappa shape index (κ1) is 27.5. The Labute approximate surface area is 237 Å².